The maximum Gasteiger partial charge on any atom is 0.308 e. The molecule has 0 heterocycles. The average Bonchev–Trinajstić information content (AvgIpc) is 2.61. The SMILES string of the molecule is CCCC[C@H](CC)C(=O)N(Cc1ccc(OS(=O)(=O)CC)cc1)C(C)C. The molecule has 148 valence electrons. The first-order valence-electron chi connectivity index (χ1n) is 9.55. The van der Waals surface area contributed by atoms with Crippen LogP contribution in [0.5, 0.6) is 5.75 Å². The summed E-state index contributed by atoms with van der Waals surface area (Å²) in [5.41, 5.74) is 0.957. The molecule has 0 bridgehead atoms. The minimum absolute atomic E-state index is 0.0645. The van der Waals surface area contributed by atoms with E-state index in [-0.39, 0.29) is 23.6 Å². The predicted molar refractivity (Wildman–Crippen MR) is 106 cm³/mol. The van der Waals surface area contributed by atoms with Crippen LogP contribution in [0.25, 0.3) is 0 Å². The van der Waals surface area contributed by atoms with Crippen LogP contribution in [-0.4, -0.2) is 31.0 Å². The number of unbranched alkanes of at least 4 members (excludes halogenated alkanes) is 1. The number of hydrogen-bond donors (Lipinski definition) is 0. The summed E-state index contributed by atoms with van der Waals surface area (Å²) >= 11 is 0. The van der Waals surface area contributed by atoms with Crippen LogP contribution >= 0.6 is 0 Å². The second kappa shape index (κ2) is 10.6. The number of nitrogens with zero attached hydrogens (tertiary/aromatic N) is 1. The van der Waals surface area contributed by atoms with E-state index in [2.05, 4.69) is 13.8 Å². The Hall–Kier alpha value is -1.56. The highest BCUT2D eigenvalue weighted by Crippen LogP contribution is 2.21. The van der Waals surface area contributed by atoms with Gasteiger partial charge in [-0.3, -0.25) is 4.79 Å². The van der Waals surface area contributed by atoms with E-state index in [1.165, 1.54) is 0 Å². The lowest BCUT2D eigenvalue weighted by Crippen LogP contribution is -2.40. The van der Waals surface area contributed by atoms with Gasteiger partial charge >= 0.3 is 10.1 Å². The Labute approximate surface area is 158 Å². The molecule has 1 aromatic rings. The van der Waals surface area contributed by atoms with E-state index in [4.69, 9.17) is 4.18 Å². The van der Waals surface area contributed by atoms with Crippen molar-refractivity contribution in [3.05, 3.63) is 29.8 Å². The summed E-state index contributed by atoms with van der Waals surface area (Å²) in [6.07, 6.45) is 3.93. The molecule has 5 nitrogen and oxygen atoms in total. The molecule has 0 radical (unpaired) electrons. The smallest absolute Gasteiger partial charge is 0.308 e. The van der Waals surface area contributed by atoms with Gasteiger partial charge in [-0.25, -0.2) is 0 Å². The van der Waals surface area contributed by atoms with Crippen LogP contribution in [0.4, 0.5) is 0 Å². The van der Waals surface area contributed by atoms with Gasteiger partial charge in [0.25, 0.3) is 0 Å². The molecule has 6 heteroatoms. The number of carbonyl (C=O) groups excluding carboxylic acids is 1. The van der Waals surface area contributed by atoms with E-state index in [0.717, 1.165) is 31.2 Å². The Bertz CT molecular complexity index is 653. The number of amides is 1. The summed E-state index contributed by atoms with van der Waals surface area (Å²) in [5, 5.41) is 0. The zero-order chi connectivity index (χ0) is 19.7. The summed E-state index contributed by atoms with van der Waals surface area (Å²) in [7, 11) is -3.52. The van der Waals surface area contributed by atoms with Gasteiger partial charge in [0.15, 0.2) is 0 Å². The van der Waals surface area contributed by atoms with Crippen molar-refractivity contribution >= 4 is 16.0 Å². The molecule has 1 rings (SSSR count). The van der Waals surface area contributed by atoms with Gasteiger partial charge in [-0.05, 0) is 51.3 Å². The van der Waals surface area contributed by atoms with Gasteiger partial charge in [0.05, 0.1) is 5.75 Å². The summed E-state index contributed by atoms with van der Waals surface area (Å²) in [4.78, 5) is 14.8. The molecule has 1 atom stereocenters. The Kier molecular flexibility index (Phi) is 9.13. The van der Waals surface area contributed by atoms with Crippen LogP contribution in [0.3, 0.4) is 0 Å². The molecule has 0 aromatic heterocycles. The molecule has 26 heavy (non-hydrogen) atoms. The van der Waals surface area contributed by atoms with E-state index in [1.54, 1.807) is 19.1 Å². The van der Waals surface area contributed by atoms with Crippen LogP contribution in [0, 0.1) is 5.92 Å². The van der Waals surface area contributed by atoms with Gasteiger partial charge in [0.2, 0.25) is 5.91 Å². The van der Waals surface area contributed by atoms with Crippen molar-refractivity contribution in [2.24, 2.45) is 5.92 Å². The summed E-state index contributed by atoms with van der Waals surface area (Å²) < 4.78 is 28.1. The van der Waals surface area contributed by atoms with E-state index >= 15 is 0 Å². The minimum atomic E-state index is -3.52. The van der Waals surface area contributed by atoms with Crippen molar-refractivity contribution in [3.63, 3.8) is 0 Å². The van der Waals surface area contributed by atoms with Gasteiger partial charge < -0.3 is 9.08 Å². The van der Waals surface area contributed by atoms with Crippen molar-refractivity contribution < 1.29 is 17.4 Å². The second-order valence-electron chi connectivity index (χ2n) is 6.88. The molecule has 0 saturated carbocycles. The minimum Gasteiger partial charge on any atom is -0.382 e. The largest absolute Gasteiger partial charge is 0.382 e. The maximum absolute atomic E-state index is 12.9. The van der Waals surface area contributed by atoms with Crippen LogP contribution in [0.1, 0.15) is 65.9 Å². The third-order valence-corrected chi connectivity index (χ3v) is 5.66. The topological polar surface area (TPSA) is 63.7 Å². The molecule has 0 spiro atoms. The van der Waals surface area contributed by atoms with Crippen molar-refractivity contribution in [3.8, 4) is 5.75 Å². The molecule has 1 aromatic carbocycles. The molecule has 0 unspecified atom stereocenters. The lowest BCUT2D eigenvalue weighted by atomic mass is 9.97. The summed E-state index contributed by atoms with van der Waals surface area (Å²) in [6, 6.07) is 7.01. The quantitative estimate of drug-likeness (QED) is 0.532. The molecular formula is C20H33NO4S. The first-order valence-corrected chi connectivity index (χ1v) is 11.1. The maximum atomic E-state index is 12.9. The van der Waals surface area contributed by atoms with Crippen LogP contribution in [0.2, 0.25) is 0 Å². The molecule has 0 aliphatic heterocycles. The first-order chi connectivity index (χ1) is 12.2. The lowest BCUT2D eigenvalue weighted by Gasteiger charge is -2.30. The summed E-state index contributed by atoms with van der Waals surface area (Å²) in [5.74, 6) is 0.493. The van der Waals surface area contributed by atoms with Crippen LogP contribution in [-0.2, 0) is 21.5 Å². The number of benzene rings is 1. The number of hydrogen-bond acceptors (Lipinski definition) is 4. The number of carbonyl (C=O) groups is 1. The normalized spacial score (nSPS) is 12.8. The van der Waals surface area contributed by atoms with Crippen LogP contribution < -0.4 is 4.18 Å². The Morgan fingerprint density at radius 2 is 1.73 bits per heavy atom. The van der Waals surface area contributed by atoms with E-state index < -0.39 is 10.1 Å². The molecule has 0 N–H and O–H groups in total. The van der Waals surface area contributed by atoms with Gasteiger partial charge in [0, 0.05) is 18.5 Å². The molecule has 0 saturated heterocycles. The second-order valence-corrected chi connectivity index (χ2v) is 8.74. The Morgan fingerprint density at radius 1 is 1.12 bits per heavy atom. The fraction of sp³-hybridized carbons (Fsp3) is 0.650. The zero-order valence-electron chi connectivity index (χ0n) is 16.7. The van der Waals surface area contributed by atoms with Gasteiger partial charge in [0.1, 0.15) is 5.75 Å². The first kappa shape index (κ1) is 22.5. The fourth-order valence-corrected chi connectivity index (χ4v) is 3.28. The highest BCUT2D eigenvalue weighted by Gasteiger charge is 2.24. The van der Waals surface area contributed by atoms with E-state index in [0.29, 0.717) is 12.3 Å². The van der Waals surface area contributed by atoms with Gasteiger partial charge in [-0.1, -0.05) is 38.8 Å². The molecule has 0 aliphatic rings. The van der Waals surface area contributed by atoms with Crippen molar-refractivity contribution in [1.29, 1.82) is 0 Å². The van der Waals surface area contributed by atoms with E-state index in [1.807, 2.05) is 30.9 Å². The van der Waals surface area contributed by atoms with Crippen molar-refractivity contribution in [2.75, 3.05) is 5.75 Å². The number of rotatable bonds is 11. The third-order valence-electron chi connectivity index (χ3n) is 4.51. The molecular weight excluding hydrogens is 350 g/mol. The fourth-order valence-electron chi connectivity index (χ4n) is 2.75. The Morgan fingerprint density at radius 3 is 2.19 bits per heavy atom. The highest BCUT2D eigenvalue weighted by atomic mass is 32.2. The standard InChI is InChI=1S/C20H33NO4S/c1-6-9-10-18(7-2)20(22)21(16(4)5)15-17-11-13-19(14-12-17)25-26(23,24)8-3/h11-14,16,18H,6-10,15H2,1-5H3/t18-/m0/s1. The molecule has 0 aliphatic carbocycles. The van der Waals surface area contributed by atoms with Crippen LogP contribution in [0.15, 0.2) is 24.3 Å². The molecule has 1 amide bonds. The summed E-state index contributed by atoms with van der Waals surface area (Å²) in [6.45, 7) is 10.3. The third kappa shape index (κ3) is 6.98. The molecule has 0 fully saturated rings. The average molecular weight is 384 g/mol. The van der Waals surface area contributed by atoms with E-state index in [9.17, 15) is 13.2 Å². The van der Waals surface area contributed by atoms with Crippen molar-refractivity contribution in [2.45, 2.75) is 72.9 Å². The predicted octanol–water partition coefficient (Wildman–Crippen LogP) is 4.37. The van der Waals surface area contributed by atoms with Gasteiger partial charge in [-0.2, -0.15) is 8.42 Å². The monoisotopic (exact) mass is 383 g/mol. The zero-order valence-corrected chi connectivity index (χ0v) is 17.5. The van der Waals surface area contributed by atoms with Crippen molar-refractivity contribution in [1.82, 2.24) is 4.90 Å². The van der Waals surface area contributed by atoms with Gasteiger partial charge in [-0.15, -0.1) is 0 Å². The lowest BCUT2D eigenvalue weighted by molar-refractivity contribution is -0.138. The Balaban J connectivity index is 2.85. The highest BCUT2D eigenvalue weighted by molar-refractivity contribution is 7.87.